The summed E-state index contributed by atoms with van der Waals surface area (Å²) in [6.45, 7) is 1.03. The van der Waals surface area contributed by atoms with Crippen molar-refractivity contribution in [1.82, 2.24) is 14.7 Å². The molecule has 2 rings (SSSR count). The Hall–Kier alpha value is -1.24. The van der Waals surface area contributed by atoms with Gasteiger partial charge in [-0.15, -0.1) is 0 Å². The molecule has 0 amide bonds. The van der Waals surface area contributed by atoms with Gasteiger partial charge >= 0.3 is 0 Å². The second kappa shape index (κ2) is 5.60. The molecule has 0 aromatic carbocycles. The van der Waals surface area contributed by atoms with Crippen molar-refractivity contribution < 1.29 is 13.2 Å². The molecule has 0 saturated carbocycles. The van der Waals surface area contributed by atoms with E-state index in [1.165, 1.54) is 0 Å². The smallest absolute Gasteiger partial charge is 0.270 e. The molecule has 1 unspecified atom stereocenters. The lowest BCUT2D eigenvalue weighted by Gasteiger charge is -2.32. The number of aromatic nitrogens is 2. The first-order valence-corrected chi connectivity index (χ1v) is 6.00. The van der Waals surface area contributed by atoms with Gasteiger partial charge in [0.25, 0.3) is 6.43 Å². The molecule has 1 aliphatic heterocycles. The average molecular weight is 262 g/mol. The highest BCUT2D eigenvalue weighted by Crippen LogP contribution is 2.23. The van der Waals surface area contributed by atoms with E-state index in [1.807, 2.05) is 0 Å². The number of halogens is 3. The number of nitrogens with zero attached hydrogens (tertiary/aromatic N) is 3. The Balaban J connectivity index is 1.81. The van der Waals surface area contributed by atoms with Crippen LogP contribution in [0.15, 0.2) is 12.4 Å². The topological polar surface area (TPSA) is 47.1 Å². The van der Waals surface area contributed by atoms with Crippen LogP contribution in [0.25, 0.3) is 0 Å². The molecule has 1 aliphatic rings. The van der Waals surface area contributed by atoms with Crippen molar-refractivity contribution in [2.24, 2.45) is 0 Å². The van der Waals surface area contributed by atoms with Crippen molar-refractivity contribution in [2.45, 2.75) is 31.5 Å². The number of alkyl halides is 3. The number of piperidine rings is 1. The quantitative estimate of drug-likeness (QED) is 0.898. The Kier molecular flexibility index (Phi) is 4.11. The maximum atomic E-state index is 12.9. The molecule has 0 spiro atoms. The lowest BCUT2D eigenvalue weighted by molar-refractivity contribution is 0.0209. The molecule has 1 aromatic rings. The number of nitrogen functional groups attached to an aromatic ring is 1. The SMILES string of the molecule is Nc1cnn(C2CCN(CC(F)C(F)F)CC2)c1. The van der Waals surface area contributed by atoms with Crippen LogP contribution in [0.4, 0.5) is 18.9 Å². The van der Waals surface area contributed by atoms with E-state index < -0.39 is 12.6 Å². The fraction of sp³-hybridized carbons (Fsp3) is 0.727. The maximum Gasteiger partial charge on any atom is 0.270 e. The molecule has 2 heterocycles. The second-order valence-electron chi connectivity index (χ2n) is 4.64. The minimum atomic E-state index is -2.89. The van der Waals surface area contributed by atoms with Gasteiger partial charge in [0.2, 0.25) is 0 Å². The fourth-order valence-corrected chi connectivity index (χ4v) is 2.25. The van der Waals surface area contributed by atoms with Gasteiger partial charge in [0.1, 0.15) is 0 Å². The van der Waals surface area contributed by atoms with Gasteiger partial charge in [-0.2, -0.15) is 5.10 Å². The molecule has 0 radical (unpaired) electrons. The Morgan fingerprint density at radius 1 is 1.33 bits per heavy atom. The fourth-order valence-electron chi connectivity index (χ4n) is 2.25. The average Bonchev–Trinajstić information content (AvgIpc) is 2.76. The van der Waals surface area contributed by atoms with Gasteiger partial charge in [0.05, 0.1) is 17.9 Å². The summed E-state index contributed by atoms with van der Waals surface area (Å²) in [5.74, 6) is 0. The van der Waals surface area contributed by atoms with Crippen LogP contribution in [0.5, 0.6) is 0 Å². The van der Waals surface area contributed by atoms with Crippen LogP contribution < -0.4 is 5.73 Å². The lowest BCUT2D eigenvalue weighted by atomic mass is 10.1. The number of nitrogens with two attached hydrogens (primary N) is 1. The van der Waals surface area contributed by atoms with Gasteiger partial charge in [0, 0.05) is 25.8 Å². The number of likely N-dealkylation sites (tertiary alicyclic amines) is 1. The van der Waals surface area contributed by atoms with Crippen molar-refractivity contribution in [3.63, 3.8) is 0 Å². The first kappa shape index (κ1) is 13.2. The van der Waals surface area contributed by atoms with Crippen LogP contribution in [0.3, 0.4) is 0 Å². The number of hydrogen-bond donors (Lipinski definition) is 1. The summed E-state index contributed by atoms with van der Waals surface area (Å²) in [7, 11) is 0. The molecule has 1 fully saturated rings. The van der Waals surface area contributed by atoms with Gasteiger partial charge in [-0.3, -0.25) is 4.68 Å². The van der Waals surface area contributed by atoms with Crippen molar-refractivity contribution in [3.8, 4) is 0 Å². The van der Waals surface area contributed by atoms with Crippen LogP contribution in [-0.4, -0.2) is 46.9 Å². The third-order valence-corrected chi connectivity index (χ3v) is 3.26. The molecule has 2 N–H and O–H groups in total. The van der Waals surface area contributed by atoms with Crippen LogP contribution in [0.2, 0.25) is 0 Å². The molecule has 0 bridgehead atoms. The van der Waals surface area contributed by atoms with Gasteiger partial charge in [-0.05, 0) is 12.8 Å². The summed E-state index contributed by atoms with van der Waals surface area (Å²) in [5, 5.41) is 4.13. The van der Waals surface area contributed by atoms with Gasteiger partial charge < -0.3 is 10.6 Å². The van der Waals surface area contributed by atoms with Crippen molar-refractivity contribution >= 4 is 5.69 Å². The second-order valence-corrected chi connectivity index (χ2v) is 4.64. The van der Waals surface area contributed by atoms with Gasteiger partial charge in [-0.1, -0.05) is 0 Å². The third-order valence-electron chi connectivity index (χ3n) is 3.26. The van der Waals surface area contributed by atoms with Crippen LogP contribution >= 0.6 is 0 Å². The minimum Gasteiger partial charge on any atom is -0.396 e. The summed E-state index contributed by atoms with van der Waals surface area (Å²) in [6.07, 6.45) is -0.0534. The van der Waals surface area contributed by atoms with Crippen LogP contribution in [0, 0.1) is 0 Å². The maximum absolute atomic E-state index is 12.9. The van der Waals surface area contributed by atoms with Crippen LogP contribution in [-0.2, 0) is 0 Å². The van der Waals surface area contributed by atoms with E-state index in [0.29, 0.717) is 18.8 Å². The summed E-state index contributed by atoms with van der Waals surface area (Å²) < 4.78 is 38.9. The van der Waals surface area contributed by atoms with E-state index in [2.05, 4.69) is 5.10 Å². The number of anilines is 1. The summed E-state index contributed by atoms with van der Waals surface area (Å²) in [6, 6.07) is 0.225. The van der Waals surface area contributed by atoms with Gasteiger partial charge in [-0.25, -0.2) is 13.2 Å². The van der Waals surface area contributed by atoms with Crippen LogP contribution in [0.1, 0.15) is 18.9 Å². The van der Waals surface area contributed by atoms with E-state index in [9.17, 15) is 13.2 Å². The molecule has 1 saturated heterocycles. The van der Waals surface area contributed by atoms with Crippen molar-refractivity contribution in [1.29, 1.82) is 0 Å². The number of hydrogen-bond acceptors (Lipinski definition) is 3. The largest absolute Gasteiger partial charge is 0.396 e. The molecule has 0 aliphatic carbocycles. The highest BCUT2D eigenvalue weighted by atomic mass is 19.3. The molecule has 4 nitrogen and oxygen atoms in total. The standard InChI is InChI=1S/C11H17F3N4/c12-10(11(13)14)7-17-3-1-9(2-4-17)18-6-8(15)5-16-18/h5-6,9-11H,1-4,7,15H2. The van der Waals surface area contributed by atoms with E-state index in [0.717, 1.165) is 12.8 Å². The predicted octanol–water partition coefficient (Wildman–Crippen LogP) is 1.71. The van der Waals surface area contributed by atoms with Gasteiger partial charge in [0.15, 0.2) is 6.17 Å². The molecule has 102 valence electrons. The third kappa shape index (κ3) is 3.16. The molecule has 1 atom stereocenters. The van der Waals surface area contributed by atoms with Crippen molar-refractivity contribution in [2.75, 3.05) is 25.4 Å². The van der Waals surface area contributed by atoms with E-state index >= 15 is 0 Å². The predicted molar refractivity (Wildman–Crippen MR) is 62.3 cm³/mol. The summed E-state index contributed by atoms with van der Waals surface area (Å²) in [4.78, 5) is 1.74. The zero-order chi connectivity index (χ0) is 13.1. The molecule has 7 heteroatoms. The molecular formula is C11H17F3N4. The summed E-state index contributed by atoms with van der Waals surface area (Å²) in [5.41, 5.74) is 6.20. The number of rotatable bonds is 4. The van der Waals surface area contributed by atoms with E-state index in [4.69, 9.17) is 5.73 Å². The first-order chi connectivity index (χ1) is 8.56. The van der Waals surface area contributed by atoms with E-state index in [-0.39, 0.29) is 12.6 Å². The normalized spacial score (nSPS) is 20.4. The highest BCUT2D eigenvalue weighted by molar-refractivity contribution is 5.30. The molecule has 18 heavy (non-hydrogen) atoms. The van der Waals surface area contributed by atoms with Crippen molar-refractivity contribution in [3.05, 3.63) is 12.4 Å². The lowest BCUT2D eigenvalue weighted by Crippen LogP contribution is -2.40. The minimum absolute atomic E-state index is 0.189. The summed E-state index contributed by atoms with van der Waals surface area (Å²) >= 11 is 0. The van der Waals surface area contributed by atoms with E-state index in [1.54, 1.807) is 22.0 Å². The Labute approximate surface area is 104 Å². The molecule has 1 aromatic heterocycles. The monoisotopic (exact) mass is 262 g/mol. The zero-order valence-corrected chi connectivity index (χ0v) is 9.98. The highest BCUT2D eigenvalue weighted by Gasteiger charge is 2.26. The Morgan fingerprint density at radius 2 is 2.00 bits per heavy atom. The Morgan fingerprint density at radius 3 is 2.50 bits per heavy atom. The Bertz CT molecular complexity index is 374. The zero-order valence-electron chi connectivity index (χ0n) is 9.98. The molecular weight excluding hydrogens is 245 g/mol. The first-order valence-electron chi connectivity index (χ1n) is 6.00.